The Kier molecular flexibility index (Phi) is 6.81. The lowest BCUT2D eigenvalue weighted by atomic mass is 9.27. The second kappa shape index (κ2) is 11.7. The molecule has 7 aromatic rings. The highest BCUT2D eigenvalue weighted by Gasteiger charge is 2.84. The summed E-state index contributed by atoms with van der Waals surface area (Å²) in [6.45, 7) is 9.84. The van der Waals surface area contributed by atoms with E-state index in [1.54, 1.807) is 11.1 Å². The molecule has 2 spiro atoms. The molecule has 0 heterocycles. The van der Waals surface area contributed by atoms with Crippen LogP contribution in [0.15, 0.2) is 152 Å². The highest BCUT2D eigenvalue weighted by atomic mass is 15.1. The fraction of sp³-hybridized carbons (Fsp3) is 0.310. The van der Waals surface area contributed by atoms with E-state index in [0.717, 1.165) is 23.7 Å². The first-order valence-corrected chi connectivity index (χ1v) is 22.6. The minimum absolute atomic E-state index is 0.0901. The van der Waals surface area contributed by atoms with Crippen molar-refractivity contribution in [1.82, 2.24) is 0 Å². The van der Waals surface area contributed by atoms with Crippen LogP contribution >= 0.6 is 0 Å². The smallest absolute Gasteiger partial charge is 0.0621 e. The van der Waals surface area contributed by atoms with Gasteiger partial charge in [-0.1, -0.05) is 149 Å². The molecule has 2 bridgehead atoms. The number of hydrogen-bond donors (Lipinski definition) is 0. The van der Waals surface area contributed by atoms with Crippen molar-refractivity contribution in [1.29, 1.82) is 0 Å². The molecule has 6 atom stereocenters. The Morgan fingerprint density at radius 3 is 1.97 bits per heavy atom. The lowest BCUT2D eigenvalue weighted by Crippen LogP contribution is -2.73. The zero-order valence-electron chi connectivity index (χ0n) is 34.9. The van der Waals surface area contributed by atoms with E-state index < -0.39 is 0 Å². The molecule has 6 unspecified atom stereocenters. The molecule has 4 saturated carbocycles. The number of fused-ring (bicyclic) bond motifs is 10. The highest BCUT2D eigenvalue weighted by Crippen LogP contribution is 2.90. The van der Waals surface area contributed by atoms with Crippen molar-refractivity contribution in [2.45, 2.75) is 82.5 Å². The molecule has 0 aliphatic heterocycles. The molecule has 0 amide bonds. The van der Waals surface area contributed by atoms with Crippen molar-refractivity contribution in [3.05, 3.63) is 174 Å². The lowest BCUT2D eigenvalue weighted by molar-refractivity contribution is -0.231. The van der Waals surface area contributed by atoms with Gasteiger partial charge in [-0.2, -0.15) is 0 Å². The third-order valence-electron chi connectivity index (χ3n) is 17.4. The normalized spacial score (nSPS) is 28.0. The Labute approximate surface area is 350 Å². The van der Waals surface area contributed by atoms with Gasteiger partial charge in [0.15, 0.2) is 0 Å². The number of benzene rings is 7. The van der Waals surface area contributed by atoms with Crippen molar-refractivity contribution in [3.63, 3.8) is 0 Å². The van der Waals surface area contributed by atoms with E-state index in [0.29, 0.717) is 5.41 Å². The second-order valence-electron chi connectivity index (χ2n) is 20.8. The first-order valence-electron chi connectivity index (χ1n) is 22.6. The Hall–Kier alpha value is -5.40. The zero-order chi connectivity index (χ0) is 39.5. The molecular formula is C58H53N. The van der Waals surface area contributed by atoms with Gasteiger partial charge in [-0.3, -0.25) is 0 Å². The predicted molar refractivity (Wildman–Crippen MR) is 246 cm³/mol. The molecule has 13 rings (SSSR count). The summed E-state index contributed by atoms with van der Waals surface area (Å²) >= 11 is 0. The Morgan fingerprint density at radius 2 is 1.15 bits per heavy atom. The van der Waals surface area contributed by atoms with Crippen LogP contribution in [0.4, 0.5) is 17.1 Å². The van der Waals surface area contributed by atoms with Gasteiger partial charge in [-0.15, -0.1) is 0 Å². The number of hydrogen-bond acceptors (Lipinski definition) is 1. The number of anilines is 3. The molecule has 4 fully saturated rings. The molecule has 6 aliphatic carbocycles. The van der Waals surface area contributed by atoms with Gasteiger partial charge >= 0.3 is 0 Å². The number of nitrogens with zero attached hydrogens (tertiary/aromatic N) is 1. The zero-order valence-corrected chi connectivity index (χ0v) is 34.9. The van der Waals surface area contributed by atoms with Gasteiger partial charge < -0.3 is 4.90 Å². The third-order valence-corrected chi connectivity index (χ3v) is 17.4. The fourth-order valence-corrected chi connectivity index (χ4v) is 14.8. The van der Waals surface area contributed by atoms with Crippen LogP contribution in [-0.4, -0.2) is 0 Å². The maximum atomic E-state index is 2.68. The second-order valence-corrected chi connectivity index (χ2v) is 20.8. The van der Waals surface area contributed by atoms with Gasteiger partial charge in [-0.25, -0.2) is 0 Å². The van der Waals surface area contributed by atoms with Gasteiger partial charge in [0.2, 0.25) is 0 Å². The fourth-order valence-electron chi connectivity index (χ4n) is 14.8. The summed E-state index contributed by atoms with van der Waals surface area (Å²) in [5.41, 5.74) is 19.0. The van der Waals surface area contributed by atoms with Crippen LogP contribution in [0.5, 0.6) is 0 Å². The van der Waals surface area contributed by atoms with Gasteiger partial charge in [0, 0.05) is 27.9 Å². The topological polar surface area (TPSA) is 3.24 Å². The Morgan fingerprint density at radius 1 is 0.475 bits per heavy atom. The number of rotatable bonds is 5. The average Bonchev–Trinajstić information content (AvgIpc) is 3.90. The van der Waals surface area contributed by atoms with Crippen LogP contribution in [0.3, 0.4) is 0 Å². The van der Waals surface area contributed by atoms with Crippen molar-refractivity contribution in [2.24, 2.45) is 29.1 Å². The van der Waals surface area contributed by atoms with Crippen LogP contribution < -0.4 is 4.90 Å². The van der Waals surface area contributed by atoms with Crippen molar-refractivity contribution >= 4 is 27.8 Å². The Balaban J connectivity index is 1.08. The molecule has 0 radical (unpaired) electrons. The quantitative estimate of drug-likeness (QED) is 0.169. The van der Waals surface area contributed by atoms with E-state index in [-0.39, 0.29) is 16.2 Å². The largest absolute Gasteiger partial charge is 0.309 e. The van der Waals surface area contributed by atoms with E-state index in [9.17, 15) is 0 Å². The van der Waals surface area contributed by atoms with Crippen molar-refractivity contribution in [3.8, 4) is 33.4 Å². The van der Waals surface area contributed by atoms with Gasteiger partial charge in [-0.05, 0) is 164 Å². The first-order chi connectivity index (χ1) is 28.7. The minimum Gasteiger partial charge on any atom is -0.309 e. The third kappa shape index (κ3) is 4.37. The first kappa shape index (κ1) is 34.5. The van der Waals surface area contributed by atoms with E-state index >= 15 is 0 Å². The molecule has 6 aliphatic rings. The molecule has 7 aromatic carbocycles. The monoisotopic (exact) mass is 763 g/mol. The maximum Gasteiger partial charge on any atom is 0.0621 e. The molecule has 0 aromatic heterocycles. The predicted octanol–water partition coefficient (Wildman–Crippen LogP) is 15.3. The van der Waals surface area contributed by atoms with Crippen LogP contribution in [0, 0.1) is 29.1 Å². The summed E-state index contributed by atoms with van der Waals surface area (Å²) in [6.07, 6.45) is 8.19. The Bertz CT molecular complexity index is 2880. The summed E-state index contributed by atoms with van der Waals surface area (Å²) in [6, 6.07) is 58.7. The average molecular weight is 764 g/mol. The maximum absolute atomic E-state index is 2.68. The lowest BCUT2D eigenvalue weighted by Gasteiger charge is -2.76. The summed E-state index contributed by atoms with van der Waals surface area (Å²) in [7, 11) is 0. The molecule has 1 nitrogen and oxygen atoms in total. The highest BCUT2D eigenvalue weighted by molar-refractivity contribution is 6.03. The molecule has 0 saturated heterocycles. The van der Waals surface area contributed by atoms with Crippen LogP contribution in [0.1, 0.15) is 88.5 Å². The van der Waals surface area contributed by atoms with E-state index in [4.69, 9.17) is 0 Å². The molecule has 59 heavy (non-hydrogen) atoms. The van der Waals surface area contributed by atoms with E-state index in [1.165, 1.54) is 111 Å². The summed E-state index contributed by atoms with van der Waals surface area (Å²) < 4.78 is 0. The molecular weight excluding hydrogens is 711 g/mol. The van der Waals surface area contributed by atoms with Gasteiger partial charge in [0.25, 0.3) is 0 Å². The van der Waals surface area contributed by atoms with Crippen LogP contribution in [0.2, 0.25) is 0 Å². The van der Waals surface area contributed by atoms with Crippen LogP contribution in [-0.2, 0) is 16.2 Å². The van der Waals surface area contributed by atoms with Crippen molar-refractivity contribution in [2.75, 3.05) is 4.90 Å². The molecule has 1 heteroatoms. The summed E-state index contributed by atoms with van der Waals surface area (Å²) in [4.78, 5) is 2.68. The van der Waals surface area contributed by atoms with E-state index in [2.05, 4.69) is 184 Å². The summed E-state index contributed by atoms with van der Waals surface area (Å²) in [5, 5.41) is 2.56. The van der Waals surface area contributed by atoms with E-state index in [1.807, 2.05) is 0 Å². The molecule has 290 valence electrons. The van der Waals surface area contributed by atoms with Gasteiger partial charge in [0.05, 0.1) is 5.69 Å². The minimum atomic E-state index is 0.0901. The van der Waals surface area contributed by atoms with Gasteiger partial charge in [0.1, 0.15) is 0 Å². The van der Waals surface area contributed by atoms with Crippen molar-refractivity contribution < 1.29 is 0 Å². The van der Waals surface area contributed by atoms with Crippen LogP contribution in [0.25, 0.3) is 44.2 Å². The molecule has 0 N–H and O–H groups in total. The summed E-state index contributed by atoms with van der Waals surface area (Å²) in [5.74, 6) is 3.41. The standard InChI is InChI=1S/C58H53N/c1-55(2)28-29-56(3,4)50-34-44(24-26-48(50)55)59(43-22-20-38(21-23-43)41-19-18-37-12-8-9-15-40(37)32-41)54-45(39-13-6-5-7-14-39)25-27-49-53(54)46-16-10-11-17-47(46)58(49)51-31-36-30-42-33-52(58)57(42,51)35-36/h5-27,32,34,36,42,51-52H,28-31,33,35H2,1-4H3. The SMILES string of the molecule is CC1(C)CCC(C)(C)c2cc(N(c3ccc(-c4ccc5ccccc5c4)cc3)c3c(-c4ccccc4)ccc4c3-c3ccccc3C43C4CC5CC6CC3C64C5)ccc21.